The summed E-state index contributed by atoms with van der Waals surface area (Å²) in [5.41, 5.74) is 0.718. The van der Waals surface area contributed by atoms with Crippen LogP contribution in [0.2, 0.25) is 0 Å². The molecule has 0 spiro atoms. The molecular weight excluding hydrogens is 350 g/mol. The van der Waals surface area contributed by atoms with Crippen LogP contribution in [-0.4, -0.2) is 46.4 Å². The maximum atomic E-state index is 12.6. The van der Waals surface area contributed by atoms with E-state index >= 15 is 0 Å². The summed E-state index contributed by atoms with van der Waals surface area (Å²) in [5, 5.41) is 19.9. The number of aliphatic hydroxyl groups is 1. The number of ketones is 1. The Labute approximate surface area is 155 Å². The fourth-order valence-electron chi connectivity index (χ4n) is 3.08. The number of carbonyl (C=O) groups is 3. The largest absolute Gasteiger partial charge is 0.507 e. The van der Waals surface area contributed by atoms with Gasteiger partial charge in [0.05, 0.1) is 18.7 Å². The Balaban J connectivity index is 2.16. The third kappa shape index (κ3) is 3.39. The zero-order valence-electron chi connectivity index (χ0n) is 14.5. The number of carboxylic acid groups (broad SMARTS) is 1. The van der Waals surface area contributed by atoms with E-state index in [-0.39, 0.29) is 11.3 Å². The van der Waals surface area contributed by atoms with Gasteiger partial charge in [-0.2, -0.15) is 0 Å². The van der Waals surface area contributed by atoms with Crippen molar-refractivity contribution in [2.24, 2.45) is 0 Å². The Kier molecular flexibility index (Phi) is 4.94. The normalized spacial score (nSPS) is 18.6. The molecule has 27 heavy (non-hydrogen) atoms. The molecule has 1 amide bonds. The molecule has 0 radical (unpaired) electrons. The lowest BCUT2D eigenvalue weighted by atomic mass is 9.95. The van der Waals surface area contributed by atoms with Gasteiger partial charge < -0.3 is 19.8 Å². The zero-order valence-corrected chi connectivity index (χ0v) is 14.5. The highest BCUT2D eigenvalue weighted by molar-refractivity contribution is 6.46. The Morgan fingerprint density at radius 3 is 2.22 bits per heavy atom. The van der Waals surface area contributed by atoms with E-state index < -0.39 is 30.2 Å². The van der Waals surface area contributed by atoms with Crippen molar-refractivity contribution in [2.75, 3.05) is 13.7 Å². The van der Waals surface area contributed by atoms with E-state index in [9.17, 15) is 19.5 Å². The molecule has 1 aliphatic heterocycles. The van der Waals surface area contributed by atoms with Crippen LogP contribution in [0.4, 0.5) is 0 Å². The number of aliphatic hydroxyl groups excluding tert-OH is 1. The number of carboxylic acids is 1. The zero-order chi connectivity index (χ0) is 19.6. The van der Waals surface area contributed by atoms with E-state index in [4.69, 9.17) is 9.84 Å². The molecule has 0 saturated carbocycles. The molecule has 1 saturated heterocycles. The smallest absolute Gasteiger partial charge is 0.323 e. The predicted octanol–water partition coefficient (Wildman–Crippen LogP) is 2.20. The predicted molar refractivity (Wildman–Crippen MR) is 96.1 cm³/mol. The lowest BCUT2D eigenvalue weighted by molar-refractivity contribution is -0.146. The van der Waals surface area contributed by atoms with E-state index in [0.29, 0.717) is 16.9 Å². The number of ether oxygens (including phenoxy) is 1. The molecule has 2 N–H and O–H groups in total. The van der Waals surface area contributed by atoms with Gasteiger partial charge in [0.15, 0.2) is 0 Å². The first-order valence-electron chi connectivity index (χ1n) is 8.13. The minimum absolute atomic E-state index is 0.141. The maximum Gasteiger partial charge on any atom is 0.323 e. The monoisotopic (exact) mass is 367 g/mol. The number of nitrogens with zero attached hydrogens (tertiary/aromatic N) is 1. The molecule has 3 rings (SSSR count). The summed E-state index contributed by atoms with van der Waals surface area (Å²) in [6, 6.07) is 13.9. The first-order valence-corrected chi connectivity index (χ1v) is 8.13. The van der Waals surface area contributed by atoms with Gasteiger partial charge >= 0.3 is 5.97 Å². The number of Topliss-reactive ketones (excluding diaryl/α,β-unsaturated/α-hetero) is 1. The molecule has 2 aromatic rings. The quantitative estimate of drug-likeness (QED) is 0.477. The first-order chi connectivity index (χ1) is 12.9. The SMILES string of the molecule is COc1ccc(/C(O)=C2\C(=O)C(=O)N(CC(=O)O)[C@H]2c2ccccc2)cc1. The maximum absolute atomic E-state index is 12.6. The Morgan fingerprint density at radius 2 is 1.67 bits per heavy atom. The molecule has 0 aromatic heterocycles. The lowest BCUT2D eigenvalue weighted by Crippen LogP contribution is -2.34. The van der Waals surface area contributed by atoms with Gasteiger partial charge in [0.25, 0.3) is 11.7 Å². The number of carbonyl (C=O) groups excluding carboxylic acids is 2. The standard InChI is InChI=1S/C20H17NO6/c1-27-14-9-7-13(8-10-14)18(24)16-17(12-5-3-2-4-6-12)21(11-15(22)23)20(26)19(16)25/h2-10,17,24H,11H2,1H3,(H,22,23)/b18-16+/t17-/m0/s1. The number of benzene rings is 2. The summed E-state index contributed by atoms with van der Waals surface area (Å²) in [6.07, 6.45) is 0. The van der Waals surface area contributed by atoms with E-state index in [2.05, 4.69) is 0 Å². The molecule has 7 heteroatoms. The van der Waals surface area contributed by atoms with Crippen molar-refractivity contribution in [1.29, 1.82) is 0 Å². The van der Waals surface area contributed by atoms with Gasteiger partial charge in [-0.1, -0.05) is 30.3 Å². The first kappa shape index (κ1) is 18.2. The highest BCUT2D eigenvalue weighted by atomic mass is 16.5. The highest BCUT2D eigenvalue weighted by Crippen LogP contribution is 2.39. The third-order valence-corrected chi connectivity index (χ3v) is 4.32. The number of aliphatic carboxylic acids is 1. The fraction of sp³-hybridized carbons (Fsp3) is 0.150. The Bertz CT molecular complexity index is 917. The number of rotatable bonds is 5. The summed E-state index contributed by atoms with van der Waals surface area (Å²) in [5.74, 6) is -2.92. The van der Waals surface area contributed by atoms with Crippen LogP contribution in [0.15, 0.2) is 60.2 Å². The second-order valence-corrected chi connectivity index (χ2v) is 5.96. The fourth-order valence-corrected chi connectivity index (χ4v) is 3.08. The Hall–Kier alpha value is -3.61. The van der Waals surface area contributed by atoms with Crippen molar-refractivity contribution >= 4 is 23.4 Å². The molecule has 1 aliphatic rings. The van der Waals surface area contributed by atoms with Crippen molar-refractivity contribution in [3.8, 4) is 5.75 Å². The third-order valence-electron chi connectivity index (χ3n) is 4.32. The molecule has 0 aliphatic carbocycles. The molecule has 2 aromatic carbocycles. The van der Waals surface area contributed by atoms with Crippen LogP contribution >= 0.6 is 0 Å². The minimum atomic E-state index is -1.25. The molecule has 7 nitrogen and oxygen atoms in total. The van der Waals surface area contributed by atoms with E-state index in [1.807, 2.05) is 0 Å². The van der Waals surface area contributed by atoms with E-state index in [1.54, 1.807) is 54.6 Å². The van der Waals surface area contributed by atoms with Crippen LogP contribution in [0.5, 0.6) is 5.75 Å². The number of hydrogen-bond acceptors (Lipinski definition) is 5. The van der Waals surface area contributed by atoms with Crippen molar-refractivity contribution in [2.45, 2.75) is 6.04 Å². The average molecular weight is 367 g/mol. The van der Waals surface area contributed by atoms with Crippen molar-refractivity contribution in [3.05, 3.63) is 71.3 Å². The number of hydrogen-bond donors (Lipinski definition) is 2. The van der Waals surface area contributed by atoms with Crippen molar-refractivity contribution in [1.82, 2.24) is 4.90 Å². The molecular formula is C20H17NO6. The number of amides is 1. The molecule has 0 bridgehead atoms. The summed E-state index contributed by atoms with van der Waals surface area (Å²) in [4.78, 5) is 37.2. The molecule has 1 heterocycles. The summed E-state index contributed by atoms with van der Waals surface area (Å²) in [7, 11) is 1.50. The van der Waals surface area contributed by atoms with Gasteiger partial charge in [-0.15, -0.1) is 0 Å². The van der Waals surface area contributed by atoms with Crippen LogP contribution < -0.4 is 4.74 Å². The van der Waals surface area contributed by atoms with Crippen molar-refractivity contribution < 1.29 is 29.3 Å². The van der Waals surface area contributed by atoms with Crippen LogP contribution in [0.25, 0.3) is 5.76 Å². The highest BCUT2D eigenvalue weighted by Gasteiger charge is 2.46. The lowest BCUT2D eigenvalue weighted by Gasteiger charge is -2.23. The van der Waals surface area contributed by atoms with Gasteiger partial charge in [0.1, 0.15) is 18.1 Å². The van der Waals surface area contributed by atoms with Gasteiger partial charge in [-0.25, -0.2) is 0 Å². The summed E-state index contributed by atoms with van der Waals surface area (Å²) < 4.78 is 5.07. The second kappa shape index (κ2) is 7.33. The number of likely N-dealkylation sites (tertiary alicyclic amines) is 1. The minimum Gasteiger partial charge on any atom is -0.507 e. The van der Waals surface area contributed by atoms with Gasteiger partial charge in [-0.3, -0.25) is 14.4 Å². The van der Waals surface area contributed by atoms with Crippen LogP contribution in [0.1, 0.15) is 17.2 Å². The van der Waals surface area contributed by atoms with Gasteiger partial charge in [0, 0.05) is 5.56 Å². The second-order valence-electron chi connectivity index (χ2n) is 5.96. The molecule has 1 atom stereocenters. The Morgan fingerprint density at radius 1 is 1.04 bits per heavy atom. The van der Waals surface area contributed by atoms with Crippen molar-refractivity contribution in [3.63, 3.8) is 0 Å². The van der Waals surface area contributed by atoms with E-state index in [1.165, 1.54) is 7.11 Å². The van der Waals surface area contributed by atoms with Crippen LogP contribution in [0.3, 0.4) is 0 Å². The molecule has 0 unspecified atom stereocenters. The van der Waals surface area contributed by atoms with Gasteiger partial charge in [0.2, 0.25) is 0 Å². The topological polar surface area (TPSA) is 104 Å². The molecule has 138 valence electrons. The number of methoxy groups -OCH3 is 1. The average Bonchev–Trinajstić information content (AvgIpc) is 2.92. The molecule has 1 fully saturated rings. The van der Waals surface area contributed by atoms with E-state index in [0.717, 1.165) is 4.90 Å². The van der Waals surface area contributed by atoms with Crippen LogP contribution in [0, 0.1) is 0 Å². The van der Waals surface area contributed by atoms with Gasteiger partial charge in [-0.05, 0) is 29.8 Å². The van der Waals surface area contributed by atoms with Crippen LogP contribution in [-0.2, 0) is 14.4 Å². The summed E-state index contributed by atoms with van der Waals surface area (Å²) in [6.45, 7) is -0.649. The summed E-state index contributed by atoms with van der Waals surface area (Å²) >= 11 is 0.